The van der Waals surface area contributed by atoms with Crippen molar-refractivity contribution in [2.75, 3.05) is 25.5 Å². The molecule has 0 heterocycles. The summed E-state index contributed by atoms with van der Waals surface area (Å²) in [7, 11) is -4.27. The number of hydrogen-bond acceptors (Lipinski definition) is 7. The van der Waals surface area contributed by atoms with E-state index in [4.69, 9.17) is 25.0 Å². The molecule has 0 rings (SSSR count). The molecule has 6 N–H and O–H groups in total. The summed E-state index contributed by atoms with van der Waals surface area (Å²) in [6.07, 6.45) is -2.59. The Bertz CT molecular complexity index is 280. The van der Waals surface area contributed by atoms with Gasteiger partial charge in [0.05, 0.1) is 31.5 Å². The van der Waals surface area contributed by atoms with Gasteiger partial charge in [-0.25, -0.2) is 0 Å². The van der Waals surface area contributed by atoms with Crippen LogP contribution in [0.3, 0.4) is 0 Å². The maximum atomic E-state index is 10.4. The van der Waals surface area contributed by atoms with Crippen LogP contribution in [0.2, 0.25) is 0 Å². The topological polar surface area (TPSA) is 147 Å². The molecule has 0 bridgehead atoms. The van der Waals surface area contributed by atoms with Gasteiger partial charge in [0.25, 0.3) is 10.1 Å². The van der Waals surface area contributed by atoms with Crippen LogP contribution in [-0.4, -0.2) is 77.2 Å². The summed E-state index contributed by atoms with van der Waals surface area (Å²) in [5.74, 6) is -0.840. The van der Waals surface area contributed by atoms with Gasteiger partial charge in [-0.15, -0.1) is 0 Å². The van der Waals surface area contributed by atoms with Crippen molar-refractivity contribution in [1.29, 1.82) is 0 Å². The molecule has 98 valence electrons. The van der Waals surface area contributed by atoms with Gasteiger partial charge in [0.1, 0.15) is 5.75 Å². The van der Waals surface area contributed by atoms with Crippen LogP contribution >= 0.6 is 0 Å². The van der Waals surface area contributed by atoms with Crippen molar-refractivity contribution in [3.63, 3.8) is 0 Å². The van der Waals surface area contributed by atoms with E-state index in [1.54, 1.807) is 0 Å². The van der Waals surface area contributed by atoms with Gasteiger partial charge in [-0.05, 0) is 0 Å². The fourth-order valence-electron chi connectivity index (χ4n) is 1.04. The minimum absolute atomic E-state index is 0.248. The Hall–Kier alpha value is -0.290. The van der Waals surface area contributed by atoms with Crippen LogP contribution < -0.4 is 5.32 Å². The van der Waals surface area contributed by atoms with E-state index in [1.807, 2.05) is 0 Å². The number of aliphatic hydroxyl groups is 4. The lowest BCUT2D eigenvalue weighted by atomic mass is 10.2. The number of nitrogens with one attached hydrogen (secondary N) is 1. The highest BCUT2D eigenvalue weighted by Gasteiger charge is 2.20. The third-order valence-electron chi connectivity index (χ3n) is 1.87. The van der Waals surface area contributed by atoms with Gasteiger partial charge < -0.3 is 25.7 Å². The lowest BCUT2D eigenvalue weighted by molar-refractivity contribution is 0.0372. The molecule has 0 saturated carbocycles. The SMILES string of the molecule is O=S(=O)(O)CC(O)CNC(CO)C(O)CO. The fraction of sp³-hybridized carbons (Fsp3) is 1.00. The van der Waals surface area contributed by atoms with Crippen molar-refractivity contribution >= 4 is 10.1 Å². The van der Waals surface area contributed by atoms with Crippen molar-refractivity contribution in [3.8, 4) is 0 Å². The minimum atomic E-state index is -4.27. The highest BCUT2D eigenvalue weighted by molar-refractivity contribution is 7.85. The zero-order valence-electron chi connectivity index (χ0n) is 8.52. The van der Waals surface area contributed by atoms with E-state index in [1.165, 1.54) is 0 Å². The maximum absolute atomic E-state index is 10.4. The molecule has 0 aliphatic heterocycles. The summed E-state index contributed by atoms with van der Waals surface area (Å²) >= 11 is 0. The average Bonchev–Trinajstić information content (AvgIpc) is 2.15. The van der Waals surface area contributed by atoms with Gasteiger partial charge in [0.2, 0.25) is 0 Å². The summed E-state index contributed by atoms with van der Waals surface area (Å²) in [4.78, 5) is 0. The van der Waals surface area contributed by atoms with Crippen LogP contribution in [0.1, 0.15) is 0 Å². The van der Waals surface area contributed by atoms with Gasteiger partial charge in [0, 0.05) is 6.54 Å². The zero-order valence-corrected chi connectivity index (χ0v) is 9.34. The Morgan fingerprint density at radius 3 is 2.06 bits per heavy atom. The van der Waals surface area contributed by atoms with Crippen molar-refractivity contribution in [1.82, 2.24) is 5.32 Å². The summed E-state index contributed by atoms with van der Waals surface area (Å²) in [6.45, 7) is -1.31. The Labute approximate surface area is 93.3 Å². The quantitative estimate of drug-likeness (QED) is 0.246. The normalized spacial score (nSPS) is 18.1. The Balaban J connectivity index is 4.02. The zero-order chi connectivity index (χ0) is 12.8. The maximum Gasteiger partial charge on any atom is 0.267 e. The third kappa shape index (κ3) is 7.06. The number of rotatable bonds is 8. The second kappa shape index (κ2) is 7.12. The Morgan fingerprint density at radius 2 is 1.69 bits per heavy atom. The molecule has 0 fully saturated rings. The average molecular weight is 259 g/mol. The monoisotopic (exact) mass is 259 g/mol. The smallest absolute Gasteiger partial charge is 0.267 e. The van der Waals surface area contributed by atoms with Gasteiger partial charge in [-0.1, -0.05) is 0 Å². The largest absolute Gasteiger partial charge is 0.395 e. The third-order valence-corrected chi connectivity index (χ3v) is 2.67. The molecular weight excluding hydrogens is 242 g/mol. The van der Waals surface area contributed by atoms with Crippen LogP contribution in [0.15, 0.2) is 0 Å². The first-order valence-electron chi connectivity index (χ1n) is 4.56. The van der Waals surface area contributed by atoms with Gasteiger partial charge >= 0.3 is 0 Å². The number of aliphatic hydroxyl groups excluding tert-OH is 4. The van der Waals surface area contributed by atoms with Crippen molar-refractivity contribution in [3.05, 3.63) is 0 Å². The number of hydrogen-bond donors (Lipinski definition) is 6. The first-order chi connectivity index (χ1) is 7.30. The van der Waals surface area contributed by atoms with Crippen LogP contribution in [0.25, 0.3) is 0 Å². The Morgan fingerprint density at radius 1 is 1.12 bits per heavy atom. The molecule has 0 aliphatic carbocycles. The van der Waals surface area contributed by atoms with Crippen molar-refractivity contribution in [2.45, 2.75) is 18.2 Å². The molecule has 0 aromatic carbocycles. The van der Waals surface area contributed by atoms with Gasteiger partial charge in [0.15, 0.2) is 0 Å². The Kier molecular flexibility index (Phi) is 6.99. The summed E-state index contributed by atoms with van der Waals surface area (Å²) in [5, 5.41) is 38.1. The van der Waals surface area contributed by atoms with Gasteiger partial charge in [-0.3, -0.25) is 4.55 Å². The molecule has 16 heavy (non-hydrogen) atoms. The van der Waals surface area contributed by atoms with E-state index < -0.39 is 47.3 Å². The van der Waals surface area contributed by atoms with E-state index in [0.717, 1.165) is 0 Å². The van der Waals surface area contributed by atoms with Crippen LogP contribution in [-0.2, 0) is 10.1 Å². The molecule has 0 spiro atoms. The lowest BCUT2D eigenvalue weighted by Crippen LogP contribution is -2.48. The molecule has 0 aromatic heterocycles. The molecule has 0 saturated heterocycles. The molecular formula is C7H17NO7S. The standard InChI is InChI=1S/C7H17NO7S/c9-2-6(7(12)3-10)8-1-5(11)4-16(13,14)15/h5-12H,1-4H2,(H,13,14,15). The van der Waals surface area contributed by atoms with Crippen LogP contribution in [0.5, 0.6) is 0 Å². The molecule has 3 unspecified atom stereocenters. The summed E-state index contributed by atoms with van der Waals surface area (Å²) < 4.78 is 29.2. The predicted molar refractivity (Wildman–Crippen MR) is 54.4 cm³/mol. The molecule has 0 radical (unpaired) electrons. The molecule has 8 nitrogen and oxygen atoms in total. The van der Waals surface area contributed by atoms with Crippen LogP contribution in [0, 0.1) is 0 Å². The summed E-state index contributed by atoms with van der Waals surface area (Å²) in [5.41, 5.74) is 0. The summed E-state index contributed by atoms with van der Waals surface area (Å²) in [6, 6.07) is -0.874. The van der Waals surface area contributed by atoms with Crippen molar-refractivity contribution < 1.29 is 33.4 Å². The second-order valence-corrected chi connectivity index (χ2v) is 4.85. The van der Waals surface area contributed by atoms with Gasteiger partial charge in [-0.2, -0.15) is 8.42 Å². The predicted octanol–water partition coefficient (Wildman–Crippen LogP) is -3.46. The minimum Gasteiger partial charge on any atom is -0.395 e. The first-order valence-corrected chi connectivity index (χ1v) is 6.17. The molecule has 9 heteroatoms. The van der Waals surface area contributed by atoms with E-state index in [9.17, 15) is 8.42 Å². The fourth-order valence-corrected chi connectivity index (χ4v) is 1.64. The first kappa shape index (κ1) is 15.7. The van der Waals surface area contributed by atoms with E-state index >= 15 is 0 Å². The van der Waals surface area contributed by atoms with Crippen molar-refractivity contribution in [2.24, 2.45) is 0 Å². The molecule has 3 atom stereocenters. The molecule has 0 aliphatic rings. The van der Waals surface area contributed by atoms with E-state index in [2.05, 4.69) is 5.32 Å². The highest BCUT2D eigenvalue weighted by atomic mass is 32.2. The lowest BCUT2D eigenvalue weighted by Gasteiger charge is -2.21. The van der Waals surface area contributed by atoms with E-state index in [-0.39, 0.29) is 6.54 Å². The van der Waals surface area contributed by atoms with Crippen LogP contribution in [0.4, 0.5) is 0 Å². The van der Waals surface area contributed by atoms with E-state index in [0.29, 0.717) is 0 Å². The molecule has 0 aromatic rings. The highest BCUT2D eigenvalue weighted by Crippen LogP contribution is 1.94. The molecule has 0 amide bonds. The second-order valence-electron chi connectivity index (χ2n) is 3.35.